The molecule has 0 aromatic heterocycles. The first kappa shape index (κ1) is 28.1. The minimum atomic E-state index is -3.36. The number of hydrogen-bond donors (Lipinski definition) is 0. The van der Waals surface area contributed by atoms with Crippen LogP contribution in [0, 0.1) is 0 Å². The van der Waals surface area contributed by atoms with Crippen molar-refractivity contribution in [1.82, 2.24) is 9.21 Å². The van der Waals surface area contributed by atoms with Crippen molar-refractivity contribution >= 4 is 27.4 Å². The Hall–Kier alpha value is -1.43. The summed E-state index contributed by atoms with van der Waals surface area (Å²) in [6.45, 7) is -0.0596. The number of piperazine rings is 1. The largest absolute Gasteiger partial charge is 0.434 e. The van der Waals surface area contributed by atoms with Crippen LogP contribution in [0.15, 0.2) is 18.2 Å². The number of carbonyl (C=O) groups excluding carboxylic acids is 1. The molecule has 1 saturated heterocycles. The molecule has 0 atom stereocenters. The highest BCUT2D eigenvalue weighted by Gasteiger charge is 2.47. The van der Waals surface area contributed by atoms with Crippen LogP contribution in [-0.2, 0) is 10.0 Å². The van der Waals surface area contributed by atoms with Crippen molar-refractivity contribution in [2.45, 2.75) is 69.9 Å². The molecule has 2 fully saturated rings. The maximum atomic E-state index is 14.0. The van der Waals surface area contributed by atoms with E-state index in [1.54, 1.807) is 6.92 Å². The van der Waals surface area contributed by atoms with Gasteiger partial charge in [-0.1, -0.05) is 18.5 Å². The van der Waals surface area contributed by atoms with Crippen LogP contribution in [0.1, 0.15) is 62.2 Å². The first-order chi connectivity index (χ1) is 16.4. The van der Waals surface area contributed by atoms with Gasteiger partial charge in [0.1, 0.15) is 5.75 Å². The molecule has 12 heteroatoms. The predicted molar refractivity (Wildman–Crippen MR) is 125 cm³/mol. The van der Waals surface area contributed by atoms with Crippen molar-refractivity contribution < 1.29 is 35.5 Å². The summed E-state index contributed by atoms with van der Waals surface area (Å²) in [6, 6.07) is 3.87. The summed E-state index contributed by atoms with van der Waals surface area (Å²) < 4.78 is 84.4. The van der Waals surface area contributed by atoms with Gasteiger partial charge in [0.25, 0.3) is 0 Å². The second-order valence-corrected chi connectivity index (χ2v) is 11.7. The lowest BCUT2D eigenvalue weighted by Crippen LogP contribution is -2.60. The number of ether oxygens (including phenoxy) is 1. The third-order valence-electron chi connectivity index (χ3n) is 6.95. The van der Waals surface area contributed by atoms with Crippen LogP contribution < -0.4 is 4.74 Å². The van der Waals surface area contributed by atoms with Crippen LogP contribution in [0.3, 0.4) is 0 Å². The highest BCUT2D eigenvalue weighted by atomic mass is 35.5. The molecular formula is C23H31ClF4N2O4S. The van der Waals surface area contributed by atoms with E-state index < -0.39 is 33.9 Å². The Kier molecular flexibility index (Phi) is 9.10. The average molecular weight is 543 g/mol. The highest BCUT2D eigenvalue weighted by Crippen LogP contribution is 2.44. The monoisotopic (exact) mass is 542 g/mol. The number of alkyl halides is 4. The molecule has 0 radical (unpaired) electrons. The van der Waals surface area contributed by atoms with Gasteiger partial charge in [0, 0.05) is 56.0 Å². The molecule has 1 aliphatic carbocycles. The zero-order chi connectivity index (χ0) is 25.9. The SMILES string of the molecule is CCCS(=O)(=O)N1CCN(C2(CCC(=O)c3ccc(Cl)cc3OC(F)F)CCC(F)(F)CC2)CC1. The van der Waals surface area contributed by atoms with Gasteiger partial charge in [0.2, 0.25) is 15.9 Å². The molecule has 1 saturated carbocycles. The van der Waals surface area contributed by atoms with E-state index in [9.17, 15) is 30.8 Å². The number of ketones is 1. The first-order valence-electron chi connectivity index (χ1n) is 11.8. The topological polar surface area (TPSA) is 66.9 Å². The molecule has 1 heterocycles. The number of nitrogens with zero attached hydrogens (tertiary/aromatic N) is 2. The lowest BCUT2D eigenvalue weighted by atomic mass is 9.74. The zero-order valence-corrected chi connectivity index (χ0v) is 21.2. The van der Waals surface area contributed by atoms with Gasteiger partial charge in [-0.3, -0.25) is 9.69 Å². The lowest BCUT2D eigenvalue weighted by Gasteiger charge is -2.51. The van der Waals surface area contributed by atoms with Crippen LogP contribution >= 0.6 is 11.6 Å². The van der Waals surface area contributed by atoms with Gasteiger partial charge in [-0.15, -0.1) is 0 Å². The maximum absolute atomic E-state index is 14.0. The molecule has 0 amide bonds. The summed E-state index contributed by atoms with van der Waals surface area (Å²) in [6.07, 6.45) is 0.381. The van der Waals surface area contributed by atoms with Crippen LogP contribution in [0.5, 0.6) is 5.75 Å². The molecule has 1 aliphatic heterocycles. The number of Topliss-reactive ketones (excluding diaryl/α,β-unsaturated/α-hetero) is 1. The van der Waals surface area contributed by atoms with Crippen LogP contribution in [0.2, 0.25) is 5.02 Å². The molecule has 6 nitrogen and oxygen atoms in total. The van der Waals surface area contributed by atoms with Crippen LogP contribution in [0.4, 0.5) is 17.6 Å². The van der Waals surface area contributed by atoms with E-state index in [-0.39, 0.29) is 73.7 Å². The normalized spacial score (nSPS) is 21.2. The quantitative estimate of drug-likeness (QED) is 0.300. The molecule has 1 aromatic rings. The summed E-state index contributed by atoms with van der Waals surface area (Å²) >= 11 is 5.86. The number of halogens is 5. The third-order valence-corrected chi connectivity index (χ3v) is 9.27. The average Bonchev–Trinajstić information content (AvgIpc) is 2.78. The van der Waals surface area contributed by atoms with E-state index in [0.29, 0.717) is 19.5 Å². The molecular weight excluding hydrogens is 512 g/mol. The molecule has 35 heavy (non-hydrogen) atoms. The highest BCUT2D eigenvalue weighted by molar-refractivity contribution is 7.89. The Morgan fingerprint density at radius 2 is 1.74 bits per heavy atom. The van der Waals surface area contributed by atoms with Crippen molar-refractivity contribution in [1.29, 1.82) is 0 Å². The molecule has 1 aromatic carbocycles. The lowest BCUT2D eigenvalue weighted by molar-refractivity contribution is -0.0891. The second-order valence-electron chi connectivity index (χ2n) is 9.22. The summed E-state index contributed by atoms with van der Waals surface area (Å²) in [5, 5.41) is 0.138. The first-order valence-corrected chi connectivity index (χ1v) is 13.7. The summed E-state index contributed by atoms with van der Waals surface area (Å²) in [7, 11) is -3.36. The molecule has 0 unspecified atom stereocenters. The van der Waals surface area contributed by atoms with E-state index in [2.05, 4.69) is 4.74 Å². The van der Waals surface area contributed by atoms with E-state index in [1.165, 1.54) is 16.4 Å². The maximum Gasteiger partial charge on any atom is 0.387 e. The van der Waals surface area contributed by atoms with Gasteiger partial charge in [0.15, 0.2) is 5.78 Å². The van der Waals surface area contributed by atoms with Gasteiger partial charge in [-0.05, 0) is 43.9 Å². The van der Waals surface area contributed by atoms with Crippen molar-refractivity contribution in [3.05, 3.63) is 28.8 Å². The minimum absolute atomic E-state index is 0.0403. The van der Waals surface area contributed by atoms with Crippen molar-refractivity contribution in [3.63, 3.8) is 0 Å². The summed E-state index contributed by atoms with van der Waals surface area (Å²) in [4.78, 5) is 15.0. The molecule has 2 aliphatic rings. The fraction of sp³-hybridized carbons (Fsp3) is 0.696. The molecule has 0 spiro atoms. The predicted octanol–water partition coefficient (Wildman–Crippen LogP) is 5.21. The van der Waals surface area contributed by atoms with Gasteiger partial charge in [-0.25, -0.2) is 17.2 Å². The summed E-state index contributed by atoms with van der Waals surface area (Å²) in [5.41, 5.74) is -0.741. The minimum Gasteiger partial charge on any atom is -0.434 e. The van der Waals surface area contributed by atoms with E-state index in [0.717, 1.165) is 6.07 Å². The smallest absolute Gasteiger partial charge is 0.387 e. The molecule has 0 bridgehead atoms. The zero-order valence-electron chi connectivity index (χ0n) is 19.6. The fourth-order valence-corrected chi connectivity index (χ4v) is 6.69. The number of hydrogen-bond acceptors (Lipinski definition) is 5. The van der Waals surface area contributed by atoms with Gasteiger partial charge < -0.3 is 4.74 Å². The third kappa shape index (κ3) is 7.08. The number of rotatable bonds is 10. The molecule has 3 rings (SSSR count). The Labute approximate surface area is 208 Å². The number of benzene rings is 1. The number of sulfonamides is 1. The van der Waals surface area contributed by atoms with Crippen LogP contribution in [-0.4, -0.2) is 73.4 Å². The molecule has 198 valence electrons. The van der Waals surface area contributed by atoms with Gasteiger partial charge in [0.05, 0.1) is 11.3 Å². The van der Waals surface area contributed by atoms with Gasteiger partial charge >= 0.3 is 6.61 Å². The van der Waals surface area contributed by atoms with Crippen molar-refractivity contribution in [3.8, 4) is 5.75 Å². The van der Waals surface area contributed by atoms with Crippen molar-refractivity contribution in [2.24, 2.45) is 0 Å². The fourth-order valence-electron chi connectivity index (χ4n) is 5.03. The Morgan fingerprint density at radius 3 is 2.31 bits per heavy atom. The van der Waals surface area contributed by atoms with E-state index in [4.69, 9.17) is 11.6 Å². The second kappa shape index (κ2) is 11.3. The van der Waals surface area contributed by atoms with Gasteiger partial charge in [-0.2, -0.15) is 13.1 Å². The van der Waals surface area contributed by atoms with Crippen LogP contribution in [0.25, 0.3) is 0 Å². The Morgan fingerprint density at radius 1 is 1.11 bits per heavy atom. The standard InChI is InChI=1S/C23H31ClF4N2O4S/c1-2-15-35(32,33)30-13-11-29(12-14-30)22(7-9-23(27,28)10-8-22)6-5-19(31)18-4-3-17(24)16-20(18)34-21(25)26/h3-4,16,21H,2,5-15H2,1H3. The molecule has 0 N–H and O–H groups in total. The van der Waals surface area contributed by atoms with E-state index in [1.807, 2.05) is 4.90 Å². The summed E-state index contributed by atoms with van der Waals surface area (Å²) in [5.74, 6) is -3.49. The Bertz CT molecular complexity index is 991. The van der Waals surface area contributed by atoms with Crippen molar-refractivity contribution in [2.75, 3.05) is 31.9 Å². The number of carbonyl (C=O) groups is 1. The Balaban J connectivity index is 1.75. The van der Waals surface area contributed by atoms with E-state index >= 15 is 0 Å².